The summed E-state index contributed by atoms with van der Waals surface area (Å²) in [5.74, 6) is 2.10. The van der Waals surface area contributed by atoms with Crippen LogP contribution in [0.5, 0.6) is 11.5 Å². The van der Waals surface area contributed by atoms with E-state index < -0.39 is 6.04 Å². The molecule has 0 saturated heterocycles. The third-order valence-electron chi connectivity index (χ3n) is 5.54. The standard InChI is InChI=1S/C27H29N3O3/c1-18(2)17-30-22-13-9-8-12-21(22)28-26(30)25(19-10-6-5-7-11-19)29-27(31)20-14-15-23(32-3)24(16-20)33-4/h5-16,18,25H,17H2,1-4H3,(H,29,31)/t25-/m0/s1. The van der Waals surface area contributed by atoms with E-state index in [9.17, 15) is 4.79 Å². The van der Waals surface area contributed by atoms with Crippen LogP contribution in [0.2, 0.25) is 0 Å². The Morgan fingerprint density at radius 2 is 1.64 bits per heavy atom. The second-order valence-electron chi connectivity index (χ2n) is 8.35. The van der Waals surface area contributed by atoms with Crippen molar-refractivity contribution < 1.29 is 14.3 Å². The van der Waals surface area contributed by atoms with Gasteiger partial charge in [-0.15, -0.1) is 0 Å². The molecule has 0 saturated carbocycles. The molecule has 1 amide bonds. The minimum absolute atomic E-state index is 0.215. The third kappa shape index (κ3) is 4.70. The van der Waals surface area contributed by atoms with Crippen molar-refractivity contribution in [3.8, 4) is 11.5 Å². The molecule has 0 spiro atoms. The van der Waals surface area contributed by atoms with Crippen LogP contribution in [0, 0.1) is 5.92 Å². The molecule has 4 aromatic rings. The van der Waals surface area contributed by atoms with E-state index in [0.717, 1.165) is 29.0 Å². The quantitative estimate of drug-likeness (QED) is 0.405. The van der Waals surface area contributed by atoms with E-state index in [1.54, 1.807) is 32.4 Å². The molecule has 6 nitrogen and oxygen atoms in total. The van der Waals surface area contributed by atoms with Gasteiger partial charge in [0.05, 0.1) is 25.3 Å². The first-order valence-corrected chi connectivity index (χ1v) is 11.0. The van der Waals surface area contributed by atoms with Crippen molar-refractivity contribution in [1.82, 2.24) is 14.9 Å². The van der Waals surface area contributed by atoms with Crippen LogP contribution in [0.25, 0.3) is 11.0 Å². The number of rotatable bonds is 8. The molecule has 0 bridgehead atoms. The number of nitrogens with zero attached hydrogens (tertiary/aromatic N) is 2. The van der Waals surface area contributed by atoms with Gasteiger partial charge in [-0.3, -0.25) is 4.79 Å². The SMILES string of the molecule is COc1ccc(C(=O)N[C@@H](c2ccccc2)c2nc3ccccc3n2CC(C)C)cc1OC. The predicted octanol–water partition coefficient (Wildman–Crippen LogP) is 5.23. The first-order chi connectivity index (χ1) is 16.0. The molecule has 6 heteroatoms. The van der Waals surface area contributed by atoms with Crippen LogP contribution in [0.15, 0.2) is 72.8 Å². The van der Waals surface area contributed by atoms with Crippen LogP contribution in [0.1, 0.15) is 41.6 Å². The van der Waals surface area contributed by atoms with Gasteiger partial charge >= 0.3 is 0 Å². The summed E-state index contributed by atoms with van der Waals surface area (Å²) in [6, 6.07) is 22.8. The Morgan fingerprint density at radius 3 is 2.33 bits per heavy atom. The van der Waals surface area contributed by atoms with Crippen LogP contribution >= 0.6 is 0 Å². The van der Waals surface area contributed by atoms with Crippen LogP contribution < -0.4 is 14.8 Å². The zero-order chi connectivity index (χ0) is 23.4. The van der Waals surface area contributed by atoms with Crippen LogP contribution in [0.4, 0.5) is 0 Å². The zero-order valence-electron chi connectivity index (χ0n) is 19.4. The second-order valence-corrected chi connectivity index (χ2v) is 8.35. The summed E-state index contributed by atoms with van der Waals surface area (Å²) in [7, 11) is 3.13. The highest BCUT2D eigenvalue weighted by Crippen LogP contribution is 2.30. The van der Waals surface area contributed by atoms with Gasteiger partial charge in [0.2, 0.25) is 0 Å². The lowest BCUT2D eigenvalue weighted by atomic mass is 10.0. The van der Waals surface area contributed by atoms with Crippen molar-refractivity contribution in [3.05, 3.63) is 89.7 Å². The minimum Gasteiger partial charge on any atom is -0.493 e. The van der Waals surface area contributed by atoms with Gasteiger partial charge in [0.1, 0.15) is 11.9 Å². The fourth-order valence-corrected chi connectivity index (χ4v) is 4.01. The number of nitrogens with one attached hydrogen (secondary N) is 1. The average Bonchev–Trinajstić information content (AvgIpc) is 3.19. The Kier molecular flexibility index (Phi) is 6.63. The van der Waals surface area contributed by atoms with Crippen molar-refractivity contribution in [3.63, 3.8) is 0 Å². The molecule has 1 aromatic heterocycles. The largest absolute Gasteiger partial charge is 0.493 e. The number of ether oxygens (including phenoxy) is 2. The smallest absolute Gasteiger partial charge is 0.252 e. The maximum absolute atomic E-state index is 13.4. The average molecular weight is 444 g/mol. The Hall–Kier alpha value is -3.80. The van der Waals surface area contributed by atoms with E-state index in [0.29, 0.717) is 23.0 Å². The summed E-state index contributed by atoms with van der Waals surface area (Å²) in [5.41, 5.74) is 3.42. The fraction of sp³-hybridized carbons (Fsp3) is 0.259. The van der Waals surface area contributed by atoms with Gasteiger partial charge < -0.3 is 19.4 Å². The highest BCUT2D eigenvalue weighted by molar-refractivity contribution is 5.95. The van der Waals surface area contributed by atoms with E-state index in [1.165, 1.54) is 0 Å². The van der Waals surface area contributed by atoms with E-state index in [-0.39, 0.29) is 5.91 Å². The minimum atomic E-state index is -0.419. The second kappa shape index (κ2) is 9.77. The third-order valence-corrected chi connectivity index (χ3v) is 5.54. The van der Waals surface area contributed by atoms with Gasteiger partial charge in [0.15, 0.2) is 11.5 Å². The molecular weight excluding hydrogens is 414 g/mol. The summed E-state index contributed by atoms with van der Waals surface area (Å²) in [6.07, 6.45) is 0. The molecule has 1 heterocycles. The Morgan fingerprint density at radius 1 is 0.939 bits per heavy atom. The van der Waals surface area contributed by atoms with Crippen molar-refractivity contribution in [1.29, 1.82) is 0 Å². The van der Waals surface area contributed by atoms with E-state index in [4.69, 9.17) is 14.5 Å². The molecule has 0 aliphatic rings. The summed E-state index contributed by atoms with van der Waals surface area (Å²) in [6.45, 7) is 5.15. The lowest BCUT2D eigenvalue weighted by molar-refractivity contribution is 0.0940. The normalized spacial score (nSPS) is 12.0. The number of hydrogen-bond acceptors (Lipinski definition) is 4. The number of carbonyl (C=O) groups excluding carboxylic acids is 1. The number of hydrogen-bond donors (Lipinski definition) is 1. The number of fused-ring (bicyclic) bond motifs is 1. The molecule has 0 unspecified atom stereocenters. The number of imidazole rings is 1. The van der Waals surface area contributed by atoms with Gasteiger partial charge in [-0.2, -0.15) is 0 Å². The topological polar surface area (TPSA) is 65.4 Å². The van der Waals surface area contributed by atoms with Crippen LogP contribution in [0.3, 0.4) is 0 Å². The highest BCUT2D eigenvalue weighted by Gasteiger charge is 2.25. The lowest BCUT2D eigenvalue weighted by Gasteiger charge is -2.22. The molecule has 33 heavy (non-hydrogen) atoms. The zero-order valence-corrected chi connectivity index (χ0v) is 19.4. The van der Waals surface area contributed by atoms with Gasteiger partial charge in [-0.1, -0.05) is 56.3 Å². The highest BCUT2D eigenvalue weighted by atomic mass is 16.5. The maximum atomic E-state index is 13.4. The maximum Gasteiger partial charge on any atom is 0.252 e. The molecule has 0 aliphatic carbocycles. The number of carbonyl (C=O) groups is 1. The monoisotopic (exact) mass is 443 g/mol. The van der Waals surface area contributed by atoms with Gasteiger partial charge in [0, 0.05) is 12.1 Å². The van der Waals surface area contributed by atoms with Crippen molar-refractivity contribution >= 4 is 16.9 Å². The van der Waals surface area contributed by atoms with Crippen LogP contribution in [-0.4, -0.2) is 29.7 Å². The van der Waals surface area contributed by atoms with Gasteiger partial charge in [0.25, 0.3) is 5.91 Å². The molecule has 0 radical (unpaired) electrons. The molecule has 0 fully saturated rings. The van der Waals surface area contributed by atoms with Crippen molar-refractivity contribution in [2.75, 3.05) is 14.2 Å². The van der Waals surface area contributed by atoms with Gasteiger partial charge in [-0.05, 0) is 41.8 Å². The van der Waals surface area contributed by atoms with E-state index in [2.05, 4.69) is 29.8 Å². The summed E-state index contributed by atoms with van der Waals surface area (Å²) >= 11 is 0. The summed E-state index contributed by atoms with van der Waals surface area (Å²) in [4.78, 5) is 18.3. The Labute approximate surface area is 194 Å². The summed E-state index contributed by atoms with van der Waals surface area (Å²) < 4.78 is 12.9. The first kappa shape index (κ1) is 22.4. The molecule has 1 atom stereocenters. The number of para-hydroxylation sites is 2. The molecule has 0 aliphatic heterocycles. The molecule has 170 valence electrons. The first-order valence-electron chi connectivity index (χ1n) is 11.0. The Bertz CT molecular complexity index is 1250. The molecule has 3 aromatic carbocycles. The van der Waals surface area contributed by atoms with E-state index >= 15 is 0 Å². The fourth-order valence-electron chi connectivity index (χ4n) is 4.01. The van der Waals surface area contributed by atoms with Crippen LogP contribution in [-0.2, 0) is 6.54 Å². The van der Waals surface area contributed by atoms with Crippen molar-refractivity contribution in [2.45, 2.75) is 26.4 Å². The predicted molar refractivity (Wildman–Crippen MR) is 130 cm³/mol. The molecule has 1 N–H and O–H groups in total. The molecular formula is C27H29N3O3. The van der Waals surface area contributed by atoms with E-state index in [1.807, 2.05) is 48.5 Å². The number of aromatic nitrogens is 2. The molecule has 4 rings (SSSR count). The summed E-state index contributed by atoms with van der Waals surface area (Å²) in [5, 5.41) is 3.21. The van der Waals surface area contributed by atoms with Gasteiger partial charge in [-0.25, -0.2) is 4.98 Å². The Balaban J connectivity index is 1.79. The number of amides is 1. The number of methoxy groups -OCH3 is 2. The lowest BCUT2D eigenvalue weighted by Crippen LogP contribution is -2.31. The van der Waals surface area contributed by atoms with Crippen molar-refractivity contribution in [2.24, 2.45) is 5.92 Å². The number of benzene rings is 3.